The first-order valence-corrected chi connectivity index (χ1v) is 7.00. The highest BCUT2D eigenvalue weighted by Gasteiger charge is 2.05. The largest absolute Gasteiger partial charge is 0.493 e. The Hall–Kier alpha value is -1.87. The van der Waals surface area contributed by atoms with Crippen molar-refractivity contribution in [1.82, 2.24) is 4.98 Å². The lowest BCUT2D eigenvalue weighted by molar-refractivity contribution is 0.271. The molecule has 1 aromatic carbocycles. The summed E-state index contributed by atoms with van der Waals surface area (Å²) in [5, 5.41) is 0. The molecule has 0 bridgehead atoms. The Labute approximate surface area is 120 Å². The van der Waals surface area contributed by atoms with E-state index in [4.69, 9.17) is 10.5 Å². The van der Waals surface area contributed by atoms with Crippen LogP contribution in [-0.2, 0) is 6.54 Å². The van der Waals surface area contributed by atoms with Crippen molar-refractivity contribution in [2.24, 2.45) is 11.7 Å². The van der Waals surface area contributed by atoms with Crippen LogP contribution < -0.4 is 10.5 Å². The number of hydrogen-bond acceptors (Lipinski definition) is 3. The summed E-state index contributed by atoms with van der Waals surface area (Å²) in [6, 6.07) is 12.1. The fourth-order valence-corrected chi connectivity index (χ4v) is 1.97. The molecule has 0 fully saturated rings. The van der Waals surface area contributed by atoms with E-state index in [2.05, 4.69) is 18.8 Å². The smallest absolute Gasteiger partial charge is 0.119 e. The average molecular weight is 270 g/mol. The lowest BCUT2D eigenvalue weighted by Crippen LogP contribution is -2.04. The molecule has 0 aliphatic heterocycles. The zero-order valence-electron chi connectivity index (χ0n) is 12.4. The molecule has 3 nitrogen and oxygen atoms in total. The van der Waals surface area contributed by atoms with Gasteiger partial charge >= 0.3 is 0 Å². The molecular formula is C17H22N2O. The highest BCUT2D eigenvalue weighted by atomic mass is 16.5. The van der Waals surface area contributed by atoms with Gasteiger partial charge in [0.1, 0.15) is 5.75 Å². The third kappa shape index (κ3) is 3.58. The van der Waals surface area contributed by atoms with Gasteiger partial charge in [0.2, 0.25) is 0 Å². The van der Waals surface area contributed by atoms with Gasteiger partial charge in [0.25, 0.3) is 0 Å². The molecule has 106 valence electrons. The summed E-state index contributed by atoms with van der Waals surface area (Å²) in [5.74, 6) is 1.40. The van der Waals surface area contributed by atoms with Gasteiger partial charge in [-0.1, -0.05) is 32.0 Å². The number of hydrogen-bond donors (Lipinski definition) is 1. The van der Waals surface area contributed by atoms with Crippen LogP contribution in [0.25, 0.3) is 11.3 Å². The highest BCUT2D eigenvalue weighted by molar-refractivity contribution is 5.61. The van der Waals surface area contributed by atoms with Crippen LogP contribution in [0.2, 0.25) is 0 Å². The molecule has 2 rings (SSSR count). The monoisotopic (exact) mass is 270 g/mol. The van der Waals surface area contributed by atoms with Gasteiger partial charge in [-0.25, -0.2) is 0 Å². The van der Waals surface area contributed by atoms with Crippen molar-refractivity contribution in [3.8, 4) is 17.0 Å². The molecule has 1 heterocycles. The fraction of sp³-hybridized carbons (Fsp3) is 0.353. The first kappa shape index (κ1) is 14.5. The van der Waals surface area contributed by atoms with Crippen LogP contribution in [0.4, 0.5) is 0 Å². The molecule has 1 aromatic heterocycles. The quantitative estimate of drug-likeness (QED) is 0.903. The maximum atomic E-state index is 5.76. The van der Waals surface area contributed by atoms with Crippen LogP contribution in [0.15, 0.2) is 36.4 Å². The number of benzene rings is 1. The first-order chi connectivity index (χ1) is 9.60. The minimum atomic E-state index is 0.517. The second kappa shape index (κ2) is 6.53. The van der Waals surface area contributed by atoms with Crippen LogP contribution in [0, 0.1) is 12.8 Å². The van der Waals surface area contributed by atoms with Gasteiger partial charge in [0.15, 0.2) is 0 Å². The number of nitrogens with zero attached hydrogens (tertiary/aromatic N) is 1. The van der Waals surface area contributed by atoms with Crippen molar-refractivity contribution >= 4 is 0 Å². The predicted molar refractivity (Wildman–Crippen MR) is 82.6 cm³/mol. The Morgan fingerprint density at radius 2 is 2.00 bits per heavy atom. The number of rotatable bonds is 5. The molecule has 0 unspecified atom stereocenters. The molecular weight excluding hydrogens is 248 g/mol. The van der Waals surface area contributed by atoms with Crippen molar-refractivity contribution < 1.29 is 4.74 Å². The summed E-state index contributed by atoms with van der Waals surface area (Å²) in [5.41, 5.74) is 9.76. The first-order valence-electron chi connectivity index (χ1n) is 7.00. The summed E-state index contributed by atoms with van der Waals surface area (Å²) >= 11 is 0. The molecule has 2 N–H and O–H groups in total. The van der Waals surface area contributed by atoms with E-state index in [1.807, 2.05) is 43.3 Å². The molecule has 0 aliphatic rings. The normalized spacial score (nSPS) is 10.8. The van der Waals surface area contributed by atoms with Gasteiger partial charge in [-0.15, -0.1) is 0 Å². The van der Waals surface area contributed by atoms with E-state index >= 15 is 0 Å². The van der Waals surface area contributed by atoms with Gasteiger partial charge in [-0.3, -0.25) is 4.98 Å². The van der Waals surface area contributed by atoms with E-state index in [0.29, 0.717) is 12.5 Å². The lowest BCUT2D eigenvalue weighted by Gasteiger charge is -2.10. The molecule has 0 saturated heterocycles. The standard InChI is InChI=1S/C17H22N2O/c1-12(2)11-20-16-6-4-5-14(9-16)17-8-7-15(10-18)13(3)19-17/h4-9,12H,10-11,18H2,1-3H3. The summed E-state index contributed by atoms with van der Waals surface area (Å²) < 4.78 is 5.76. The predicted octanol–water partition coefficient (Wildman–Crippen LogP) is 3.55. The number of aromatic nitrogens is 1. The third-order valence-corrected chi connectivity index (χ3v) is 3.13. The van der Waals surface area contributed by atoms with E-state index in [9.17, 15) is 0 Å². The maximum absolute atomic E-state index is 5.76. The van der Waals surface area contributed by atoms with Crippen molar-refractivity contribution in [3.05, 3.63) is 47.7 Å². The molecule has 0 saturated carbocycles. The molecule has 0 spiro atoms. The summed E-state index contributed by atoms with van der Waals surface area (Å²) in [4.78, 5) is 4.62. The molecule has 0 aliphatic carbocycles. The Kier molecular flexibility index (Phi) is 4.74. The number of ether oxygens (including phenoxy) is 1. The van der Waals surface area contributed by atoms with E-state index < -0.39 is 0 Å². The molecule has 2 aromatic rings. The number of pyridine rings is 1. The van der Waals surface area contributed by atoms with Crippen LogP contribution in [0.3, 0.4) is 0 Å². The second-order valence-electron chi connectivity index (χ2n) is 5.38. The number of aryl methyl sites for hydroxylation is 1. The van der Waals surface area contributed by atoms with Crippen LogP contribution >= 0.6 is 0 Å². The number of nitrogens with two attached hydrogens (primary N) is 1. The molecule has 0 radical (unpaired) electrons. The summed E-state index contributed by atoms with van der Waals surface area (Å²) in [6.07, 6.45) is 0. The van der Waals surface area contributed by atoms with E-state index in [-0.39, 0.29) is 0 Å². The Morgan fingerprint density at radius 1 is 1.20 bits per heavy atom. The van der Waals surface area contributed by atoms with Crippen molar-refractivity contribution in [1.29, 1.82) is 0 Å². The van der Waals surface area contributed by atoms with Crippen molar-refractivity contribution in [3.63, 3.8) is 0 Å². The van der Waals surface area contributed by atoms with Gasteiger partial charge in [0.05, 0.1) is 12.3 Å². The maximum Gasteiger partial charge on any atom is 0.119 e. The minimum Gasteiger partial charge on any atom is -0.493 e. The third-order valence-electron chi connectivity index (χ3n) is 3.13. The molecule has 0 amide bonds. The van der Waals surface area contributed by atoms with E-state index in [1.165, 1.54) is 0 Å². The van der Waals surface area contributed by atoms with Crippen LogP contribution in [0.1, 0.15) is 25.1 Å². The van der Waals surface area contributed by atoms with Gasteiger partial charge in [-0.2, -0.15) is 0 Å². The SMILES string of the molecule is Cc1nc(-c2cccc(OCC(C)C)c2)ccc1CN. The fourth-order valence-electron chi connectivity index (χ4n) is 1.97. The van der Waals surface area contributed by atoms with Gasteiger partial charge in [-0.05, 0) is 36.6 Å². The summed E-state index contributed by atoms with van der Waals surface area (Å²) in [7, 11) is 0. The van der Waals surface area contributed by atoms with Crippen molar-refractivity contribution in [2.45, 2.75) is 27.3 Å². The second-order valence-corrected chi connectivity index (χ2v) is 5.38. The van der Waals surface area contributed by atoms with Crippen molar-refractivity contribution in [2.75, 3.05) is 6.61 Å². The van der Waals surface area contributed by atoms with Crippen LogP contribution in [0.5, 0.6) is 5.75 Å². The minimum absolute atomic E-state index is 0.517. The zero-order valence-corrected chi connectivity index (χ0v) is 12.4. The highest BCUT2D eigenvalue weighted by Crippen LogP contribution is 2.23. The average Bonchev–Trinajstić information content (AvgIpc) is 2.45. The Bertz CT molecular complexity index is 579. The van der Waals surface area contributed by atoms with Gasteiger partial charge < -0.3 is 10.5 Å². The lowest BCUT2D eigenvalue weighted by atomic mass is 10.1. The summed E-state index contributed by atoms with van der Waals surface area (Å²) in [6.45, 7) is 7.52. The van der Waals surface area contributed by atoms with Gasteiger partial charge in [0, 0.05) is 17.8 Å². The Morgan fingerprint density at radius 3 is 2.65 bits per heavy atom. The van der Waals surface area contributed by atoms with E-state index in [1.54, 1.807) is 0 Å². The zero-order chi connectivity index (χ0) is 14.5. The topological polar surface area (TPSA) is 48.1 Å². The molecule has 20 heavy (non-hydrogen) atoms. The molecule has 0 atom stereocenters. The Balaban J connectivity index is 2.24. The van der Waals surface area contributed by atoms with Crippen LogP contribution in [-0.4, -0.2) is 11.6 Å². The van der Waals surface area contributed by atoms with E-state index in [0.717, 1.165) is 34.9 Å². The molecule has 3 heteroatoms.